The number of hydrogen-bond acceptors (Lipinski definition) is 0. The highest BCUT2D eigenvalue weighted by Gasteiger charge is 2.15. The molecule has 32 heavy (non-hydrogen) atoms. The summed E-state index contributed by atoms with van der Waals surface area (Å²) >= 11 is 6.86. The Morgan fingerprint density at radius 3 is 1.38 bits per heavy atom. The predicted molar refractivity (Wildman–Crippen MR) is 143 cm³/mol. The van der Waals surface area contributed by atoms with Gasteiger partial charge in [-0.3, -0.25) is 0 Å². The van der Waals surface area contributed by atoms with Crippen LogP contribution in [0.25, 0.3) is 44.5 Å². The molecule has 0 amide bonds. The van der Waals surface area contributed by atoms with Crippen LogP contribution in [0.15, 0.2) is 121 Å². The molecule has 0 aliphatic carbocycles. The lowest BCUT2D eigenvalue weighted by Crippen LogP contribution is -2.08. The molecule has 0 fully saturated rings. The van der Waals surface area contributed by atoms with Gasteiger partial charge in [0.05, 0.1) is 0 Å². The topological polar surface area (TPSA) is 0 Å². The highest BCUT2D eigenvalue weighted by Crippen LogP contribution is 2.38. The fourth-order valence-corrected chi connectivity index (χ4v) is 5.28. The van der Waals surface area contributed by atoms with Gasteiger partial charge in [-0.25, -0.2) is 0 Å². The fraction of sp³-hybridized carbons (Fsp3) is 0. The van der Waals surface area contributed by atoms with Crippen molar-refractivity contribution >= 4 is 27.0 Å². The van der Waals surface area contributed by atoms with Crippen molar-refractivity contribution in [3.05, 3.63) is 126 Å². The Labute approximate surface area is 197 Å². The molecule has 0 radical (unpaired) electrons. The summed E-state index contributed by atoms with van der Waals surface area (Å²) in [7, 11) is 0.941. The minimum Gasteiger partial charge on any atom is -0.0836 e. The molecule has 5 aromatic carbocycles. The normalized spacial score (nSPS) is 10.9. The molecule has 5 aromatic rings. The summed E-state index contributed by atoms with van der Waals surface area (Å²) in [5.74, 6) is 0. The van der Waals surface area contributed by atoms with E-state index in [-0.39, 0.29) is 0 Å². The predicted octanol–water partition coefficient (Wildman–Crippen LogP) is 7.00. The molecule has 0 aliphatic rings. The van der Waals surface area contributed by atoms with E-state index < -0.39 is 0 Å². The third-order valence-corrected chi connectivity index (χ3v) is 7.03. The summed E-state index contributed by atoms with van der Waals surface area (Å²) in [6.45, 7) is 0. The van der Waals surface area contributed by atoms with E-state index in [0.29, 0.717) is 0 Å². The average Bonchev–Trinajstić information content (AvgIpc) is 2.86. The first-order valence-electron chi connectivity index (χ1n) is 10.8. The largest absolute Gasteiger partial charge is 0.0836 e. The average molecular weight is 447 g/mol. The molecule has 0 bridgehead atoms. The summed E-state index contributed by atoms with van der Waals surface area (Å²) < 4.78 is 0. The number of benzene rings is 5. The van der Waals surface area contributed by atoms with E-state index in [0.717, 1.165) is 26.4 Å². The Kier molecular flexibility index (Phi) is 5.77. The first-order chi connectivity index (χ1) is 15.7. The van der Waals surface area contributed by atoms with Crippen molar-refractivity contribution in [2.45, 2.75) is 0 Å². The van der Waals surface area contributed by atoms with Gasteiger partial charge in [-0.15, -0.1) is 0 Å². The van der Waals surface area contributed by atoms with E-state index in [1.54, 1.807) is 0 Å². The van der Waals surface area contributed by atoms with Crippen molar-refractivity contribution in [3.63, 3.8) is 0 Å². The lowest BCUT2D eigenvalue weighted by molar-refractivity contribution is 1.57. The van der Waals surface area contributed by atoms with Crippen molar-refractivity contribution in [2.24, 2.45) is 0 Å². The van der Waals surface area contributed by atoms with Crippen LogP contribution in [0.5, 0.6) is 0 Å². The molecule has 0 saturated heterocycles. The molecule has 0 spiro atoms. The van der Waals surface area contributed by atoms with Crippen molar-refractivity contribution in [1.29, 1.82) is 0 Å². The Balaban J connectivity index is 1.68. The molecule has 0 aromatic heterocycles. The van der Waals surface area contributed by atoms with E-state index >= 15 is 0 Å². The van der Waals surface area contributed by atoms with Gasteiger partial charge < -0.3 is 0 Å². The summed E-state index contributed by atoms with van der Waals surface area (Å²) in [6.07, 6.45) is 0. The summed E-state index contributed by atoms with van der Waals surface area (Å²) in [4.78, 5) is 0. The molecular weight excluding hydrogens is 424 g/mol. The van der Waals surface area contributed by atoms with Crippen LogP contribution in [0, 0.1) is 0 Å². The Morgan fingerprint density at radius 2 is 0.844 bits per heavy atom. The summed E-state index contributed by atoms with van der Waals surface area (Å²) in [5.41, 5.74) is 9.55. The molecule has 2 heteroatoms. The van der Waals surface area contributed by atoms with Gasteiger partial charge in [0.25, 0.3) is 0 Å². The van der Waals surface area contributed by atoms with E-state index in [9.17, 15) is 0 Å². The maximum absolute atomic E-state index is 6.86. The molecule has 0 N–H and O–H groups in total. The van der Waals surface area contributed by atoms with Crippen LogP contribution >= 0.6 is 11.6 Å². The second kappa shape index (κ2) is 9.00. The van der Waals surface area contributed by atoms with Crippen molar-refractivity contribution in [1.82, 2.24) is 0 Å². The lowest BCUT2D eigenvalue weighted by Gasteiger charge is -2.17. The smallest absolute Gasteiger partial charge is 0.0490 e. The first kappa shape index (κ1) is 20.5. The zero-order valence-electron chi connectivity index (χ0n) is 17.9. The zero-order valence-corrected chi connectivity index (χ0v) is 20.7. The third-order valence-electron chi connectivity index (χ3n) is 5.88. The summed E-state index contributed by atoms with van der Waals surface area (Å²) in [6, 6.07) is 42.7. The van der Waals surface area contributed by atoms with Crippen molar-refractivity contribution in [2.75, 3.05) is 0 Å². The quantitative estimate of drug-likeness (QED) is 0.261. The van der Waals surface area contributed by atoms with Gasteiger partial charge in [0.15, 0.2) is 0 Å². The highest BCUT2D eigenvalue weighted by atomic mass is 35.5. The van der Waals surface area contributed by atoms with Gasteiger partial charge in [-0.1, -0.05) is 120 Å². The zero-order chi connectivity index (χ0) is 21.9. The van der Waals surface area contributed by atoms with Gasteiger partial charge in [-0.05, 0) is 57.1 Å². The minimum absolute atomic E-state index is 0.787. The summed E-state index contributed by atoms with van der Waals surface area (Å²) in [5, 5.41) is 2.13. The Hall–Kier alpha value is -3.39. The van der Waals surface area contributed by atoms with Crippen LogP contribution in [0.3, 0.4) is 0 Å². The number of hydrogen-bond donors (Lipinski definition) is 0. The van der Waals surface area contributed by atoms with Crippen LogP contribution in [-0.2, 0) is 0 Å². The second-order valence-corrected chi connectivity index (χ2v) is 9.49. The van der Waals surface area contributed by atoms with Gasteiger partial charge in [0, 0.05) is 20.8 Å². The van der Waals surface area contributed by atoms with E-state index in [1.807, 2.05) is 12.1 Å². The van der Waals surface area contributed by atoms with Gasteiger partial charge in [0.2, 0.25) is 0 Å². The molecule has 0 nitrogen and oxygen atoms in total. The second-order valence-electron chi connectivity index (χ2n) is 8.01. The SMILES string of the molecule is [SiH3]c1ccc(Cl)c(-c2cccc(-c3ccccc3)c2)c1-c1cccc(-c2ccccc2)c1. The molecule has 0 unspecified atom stereocenters. The Bertz CT molecular complexity index is 1270. The van der Waals surface area contributed by atoms with Gasteiger partial charge in [-0.2, -0.15) is 0 Å². The maximum atomic E-state index is 6.86. The van der Waals surface area contributed by atoms with Crippen LogP contribution in [0.1, 0.15) is 0 Å². The molecule has 154 valence electrons. The first-order valence-corrected chi connectivity index (χ1v) is 12.2. The van der Waals surface area contributed by atoms with Crippen molar-refractivity contribution < 1.29 is 0 Å². The van der Waals surface area contributed by atoms with E-state index in [4.69, 9.17) is 11.6 Å². The maximum Gasteiger partial charge on any atom is 0.0490 e. The monoisotopic (exact) mass is 446 g/mol. The highest BCUT2D eigenvalue weighted by molar-refractivity contribution is 6.40. The minimum atomic E-state index is 0.787. The molecule has 0 atom stereocenters. The molecule has 5 rings (SSSR count). The lowest BCUT2D eigenvalue weighted by atomic mass is 9.91. The molecule has 0 heterocycles. The number of halogens is 1. The standard InChI is InChI=1S/C30H23ClSi/c31-27-17-18-28(32)30(26-16-8-14-24(20-26)22-11-5-2-6-12-22)29(27)25-15-7-13-23(19-25)21-9-3-1-4-10-21/h1-20H,32H3. The van der Waals surface area contributed by atoms with Crippen LogP contribution < -0.4 is 5.19 Å². The van der Waals surface area contributed by atoms with Crippen LogP contribution in [0.4, 0.5) is 0 Å². The fourth-order valence-electron chi connectivity index (χ4n) is 4.31. The van der Waals surface area contributed by atoms with Crippen molar-refractivity contribution in [3.8, 4) is 44.5 Å². The molecule has 0 aliphatic heterocycles. The van der Waals surface area contributed by atoms with Crippen LogP contribution in [-0.4, -0.2) is 10.2 Å². The van der Waals surface area contributed by atoms with E-state index in [2.05, 4.69) is 109 Å². The Morgan fingerprint density at radius 1 is 0.406 bits per heavy atom. The van der Waals surface area contributed by atoms with Gasteiger partial charge >= 0.3 is 0 Å². The number of rotatable bonds is 4. The van der Waals surface area contributed by atoms with Crippen LogP contribution in [0.2, 0.25) is 5.02 Å². The van der Waals surface area contributed by atoms with Gasteiger partial charge in [0.1, 0.15) is 0 Å². The molecule has 0 saturated carbocycles. The van der Waals surface area contributed by atoms with E-state index in [1.165, 1.54) is 38.6 Å². The third kappa shape index (κ3) is 4.05. The molecular formula is C30H23ClSi.